The Hall–Kier alpha value is -1.45. The maximum absolute atomic E-state index is 5.87. The van der Waals surface area contributed by atoms with Crippen molar-refractivity contribution in [2.75, 3.05) is 17.6 Å². The van der Waals surface area contributed by atoms with Gasteiger partial charge >= 0.3 is 0 Å². The average molecular weight is 261 g/mol. The van der Waals surface area contributed by atoms with Gasteiger partial charge in [0.15, 0.2) is 0 Å². The molecule has 1 heterocycles. The largest absolute Gasteiger partial charge is 0.473 e. The van der Waals surface area contributed by atoms with Crippen molar-refractivity contribution in [3.05, 3.63) is 12.1 Å². The highest BCUT2D eigenvalue weighted by Gasteiger charge is 2.53. The predicted molar refractivity (Wildman–Crippen MR) is 77.3 cm³/mol. The van der Waals surface area contributed by atoms with Crippen molar-refractivity contribution < 1.29 is 4.74 Å². The summed E-state index contributed by atoms with van der Waals surface area (Å²) in [6, 6.07) is 3.80. The quantitative estimate of drug-likeness (QED) is 0.826. The molecule has 2 aliphatic rings. The summed E-state index contributed by atoms with van der Waals surface area (Å²) in [4.78, 5) is 4.46. The van der Waals surface area contributed by atoms with Crippen LogP contribution < -0.4 is 15.8 Å². The lowest BCUT2D eigenvalue weighted by atomic mass is 10.0. The van der Waals surface area contributed by atoms with Crippen LogP contribution in [0.5, 0.6) is 5.88 Å². The Kier molecular flexibility index (Phi) is 3.03. The summed E-state index contributed by atoms with van der Waals surface area (Å²) in [5.74, 6) is 2.37. The number of hydrogen-bond donors (Lipinski definition) is 2. The Morgan fingerprint density at radius 1 is 1.42 bits per heavy atom. The number of rotatable bonds is 6. The minimum Gasteiger partial charge on any atom is -0.473 e. The van der Waals surface area contributed by atoms with Crippen molar-refractivity contribution in [2.24, 2.45) is 11.3 Å². The first-order chi connectivity index (χ1) is 9.09. The molecule has 0 saturated heterocycles. The second-order valence-corrected chi connectivity index (χ2v) is 6.25. The first-order valence-corrected chi connectivity index (χ1v) is 7.26. The highest BCUT2D eigenvalue weighted by Crippen LogP contribution is 2.61. The van der Waals surface area contributed by atoms with Crippen LogP contribution in [0.25, 0.3) is 0 Å². The van der Waals surface area contributed by atoms with E-state index in [1.165, 1.54) is 25.7 Å². The maximum Gasteiger partial charge on any atom is 0.239 e. The number of hydrogen-bond acceptors (Lipinski definition) is 4. The molecule has 0 aliphatic heterocycles. The molecular weight excluding hydrogens is 238 g/mol. The van der Waals surface area contributed by atoms with Gasteiger partial charge in [0, 0.05) is 6.54 Å². The van der Waals surface area contributed by atoms with E-state index < -0.39 is 0 Å². The molecule has 0 unspecified atom stereocenters. The molecule has 0 amide bonds. The Bertz CT molecular complexity index is 464. The second kappa shape index (κ2) is 4.58. The third kappa shape index (κ3) is 2.77. The number of nitrogens with zero attached hydrogens (tertiary/aromatic N) is 1. The smallest absolute Gasteiger partial charge is 0.239 e. The summed E-state index contributed by atoms with van der Waals surface area (Å²) < 4.78 is 5.62. The molecule has 1 aromatic heterocycles. The zero-order chi connectivity index (χ0) is 13.5. The van der Waals surface area contributed by atoms with E-state index in [1.807, 2.05) is 26.0 Å². The van der Waals surface area contributed by atoms with E-state index in [2.05, 4.69) is 10.3 Å². The molecule has 0 bridgehead atoms. The van der Waals surface area contributed by atoms with Gasteiger partial charge in [-0.3, -0.25) is 0 Å². The van der Waals surface area contributed by atoms with Gasteiger partial charge in [0.1, 0.15) is 5.82 Å². The zero-order valence-electron chi connectivity index (χ0n) is 11.8. The summed E-state index contributed by atoms with van der Waals surface area (Å²) in [5.41, 5.74) is 7.05. The van der Waals surface area contributed by atoms with Gasteiger partial charge in [-0.15, -0.1) is 0 Å². The topological polar surface area (TPSA) is 60.2 Å². The monoisotopic (exact) mass is 261 g/mol. The Morgan fingerprint density at radius 2 is 2.16 bits per heavy atom. The Balaban J connectivity index is 1.64. The molecule has 2 aliphatic carbocycles. The van der Waals surface area contributed by atoms with E-state index in [-0.39, 0.29) is 6.10 Å². The molecule has 3 N–H and O–H groups in total. The molecule has 4 nitrogen and oxygen atoms in total. The van der Waals surface area contributed by atoms with E-state index in [1.54, 1.807) is 0 Å². The molecule has 3 rings (SSSR count). The highest BCUT2D eigenvalue weighted by atomic mass is 16.5. The van der Waals surface area contributed by atoms with E-state index >= 15 is 0 Å². The summed E-state index contributed by atoms with van der Waals surface area (Å²) >= 11 is 0. The number of aromatic nitrogens is 1. The van der Waals surface area contributed by atoms with Gasteiger partial charge in [-0.1, -0.05) is 0 Å². The van der Waals surface area contributed by atoms with Gasteiger partial charge in [0.25, 0.3) is 0 Å². The third-order valence-corrected chi connectivity index (χ3v) is 4.19. The fourth-order valence-corrected chi connectivity index (χ4v) is 2.72. The van der Waals surface area contributed by atoms with Gasteiger partial charge in [-0.25, -0.2) is 0 Å². The molecule has 0 atom stereocenters. The van der Waals surface area contributed by atoms with Crippen LogP contribution in [0, 0.1) is 11.3 Å². The number of nitrogens with one attached hydrogen (secondary N) is 1. The second-order valence-electron chi connectivity index (χ2n) is 6.25. The molecule has 0 aromatic carbocycles. The lowest BCUT2D eigenvalue weighted by Crippen LogP contribution is -2.18. The molecule has 0 spiro atoms. The fraction of sp³-hybridized carbons (Fsp3) is 0.667. The van der Waals surface area contributed by atoms with Crippen LogP contribution >= 0.6 is 0 Å². The molecule has 1 aromatic rings. The number of nitrogens with two attached hydrogens (primary N) is 1. The van der Waals surface area contributed by atoms with Crippen LogP contribution in [0.15, 0.2) is 12.1 Å². The first kappa shape index (κ1) is 12.6. The van der Waals surface area contributed by atoms with Crippen LogP contribution in [0.2, 0.25) is 0 Å². The van der Waals surface area contributed by atoms with Gasteiger partial charge in [-0.05, 0) is 63.0 Å². The lowest BCUT2D eigenvalue weighted by molar-refractivity contribution is 0.234. The lowest BCUT2D eigenvalue weighted by Gasteiger charge is -2.17. The van der Waals surface area contributed by atoms with Crippen molar-refractivity contribution in [3.63, 3.8) is 0 Å². The molecule has 4 heteroatoms. The third-order valence-electron chi connectivity index (χ3n) is 4.19. The molecule has 0 radical (unpaired) electrons. The van der Waals surface area contributed by atoms with Gasteiger partial charge < -0.3 is 15.8 Å². The number of anilines is 2. The standard InChI is InChI=1S/C15H23N3O/c1-10(2)19-14-12(16)5-6-13(18-14)17-9-15(7-8-15)11-3-4-11/h5-6,10-11H,3-4,7-9,16H2,1-2H3,(H,17,18). The minimum atomic E-state index is 0.0892. The number of ether oxygens (including phenoxy) is 1. The normalized spacial score (nSPS) is 20.4. The fourth-order valence-electron chi connectivity index (χ4n) is 2.72. The van der Waals surface area contributed by atoms with Crippen molar-refractivity contribution in [1.29, 1.82) is 0 Å². The SMILES string of the molecule is CC(C)Oc1nc(NCC2(C3CC3)CC2)ccc1N. The van der Waals surface area contributed by atoms with E-state index in [4.69, 9.17) is 10.5 Å². The van der Waals surface area contributed by atoms with E-state index in [9.17, 15) is 0 Å². The van der Waals surface area contributed by atoms with Gasteiger partial charge in [-0.2, -0.15) is 4.98 Å². The summed E-state index contributed by atoms with van der Waals surface area (Å²) in [7, 11) is 0. The number of pyridine rings is 1. The highest BCUT2D eigenvalue weighted by molar-refractivity contribution is 5.53. The van der Waals surface area contributed by atoms with Crippen LogP contribution in [-0.2, 0) is 0 Å². The van der Waals surface area contributed by atoms with Crippen LogP contribution in [-0.4, -0.2) is 17.6 Å². The Labute approximate surface area is 114 Å². The van der Waals surface area contributed by atoms with E-state index in [0.29, 0.717) is 17.0 Å². The molecule has 19 heavy (non-hydrogen) atoms. The summed E-state index contributed by atoms with van der Waals surface area (Å²) in [6.45, 7) is 5.00. The minimum absolute atomic E-state index is 0.0892. The Morgan fingerprint density at radius 3 is 2.74 bits per heavy atom. The van der Waals surface area contributed by atoms with Crippen molar-refractivity contribution >= 4 is 11.5 Å². The van der Waals surface area contributed by atoms with Crippen LogP contribution in [0.3, 0.4) is 0 Å². The zero-order valence-corrected chi connectivity index (χ0v) is 11.8. The van der Waals surface area contributed by atoms with E-state index in [0.717, 1.165) is 18.3 Å². The summed E-state index contributed by atoms with van der Waals surface area (Å²) in [5, 5.41) is 3.46. The average Bonchev–Trinajstić information content (AvgIpc) is 3.23. The number of nitrogen functional groups attached to an aromatic ring is 1. The van der Waals surface area contributed by atoms with Crippen LogP contribution in [0.1, 0.15) is 39.5 Å². The first-order valence-electron chi connectivity index (χ1n) is 7.26. The van der Waals surface area contributed by atoms with Crippen LogP contribution in [0.4, 0.5) is 11.5 Å². The van der Waals surface area contributed by atoms with Crippen molar-refractivity contribution in [1.82, 2.24) is 4.98 Å². The molecule has 2 saturated carbocycles. The predicted octanol–water partition coefficient (Wildman–Crippen LogP) is 3.05. The van der Waals surface area contributed by atoms with Crippen molar-refractivity contribution in [2.45, 2.75) is 45.6 Å². The molecule has 2 fully saturated rings. The van der Waals surface area contributed by atoms with Gasteiger partial charge in [0.2, 0.25) is 5.88 Å². The molecular formula is C15H23N3O. The van der Waals surface area contributed by atoms with Gasteiger partial charge in [0.05, 0.1) is 11.8 Å². The summed E-state index contributed by atoms with van der Waals surface area (Å²) in [6.07, 6.45) is 5.66. The molecule has 104 valence electrons. The van der Waals surface area contributed by atoms with Crippen molar-refractivity contribution in [3.8, 4) is 5.88 Å². The maximum atomic E-state index is 5.87.